The fraction of sp³-hybridized carbons (Fsp3) is 0.333. The number of nitrogens with one attached hydrogen (secondary N) is 1. The number of alkyl halides is 2. The lowest BCUT2D eigenvalue weighted by molar-refractivity contribution is -0.121. The maximum Gasteiger partial charge on any atom is 0.387 e. The smallest absolute Gasteiger partial charge is 0.387 e. The van der Waals surface area contributed by atoms with E-state index in [0.29, 0.717) is 18.9 Å². The minimum atomic E-state index is -2.87. The first kappa shape index (κ1) is 26.5. The van der Waals surface area contributed by atoms with Crippen LogP contribution in [0.4, 0.5) is 13.2 Å². The Morgan fingerprint density at radius 2 is 1.71 bits per heavy atom. The molecule has 0 heterocycles. The Labute approximate surface area is 196 Å². The summed E-state index contributed by atoms with van der Waals surface area (Å²) >= 11 is 0. The summed E-state index contributed by atoms with van der Waals surface area (Å²) < 4.78 is 41.9. The molecule has 0 aliphatic rings. The monoisotopic (exact) mass is 550 g/mol. The van der Waals surface area contributed by atoms with Gasteiger partial charge in [-0.1, -0.05) is 24.3 Å². The number of hydrogen-bond acceptors (Lipinski definition) is 3. The second-order valence-electron chi connectivity index (χ2n) is 6.74. The molecule has 2 aromatic rings. The lowest BCUT2D eigenvalue weighted by Gasteiger charge is -2.24. The van der Waals surface area contributed by atoms with Crippen molar-refractivity contribution in [2.75, 3.05) is 20.6 Å². The molecule has 0 spiro atoms. The second kappa shape index (κ2) is 13.0. The number of primary amides is 1. The van der Waals surface area contributed by atoms with Gasteiger partial charge in [-0.05, 0) is 41.8 Å². The van der Waals surface area contributed by atoms with E-state index in [9.17, 15) is 18.0 Å². The third-order valence-electron chi connectivity index (χ3n) is 4.45. The summed E-state index contributed by atoms with van der Waals surface area (Å²) in [5.41, 5.74) is 7.18. The summed E-state index contributed by atoms with van der Waals surface area (Å²) in [4.78, 5) is 17.8. The van der Waals surface area contributed by atoms with Crippen molar-refractivity contribution in [2.24, 2.45) is 16.6 Å². The van der Waals surface area contributed by atoms with E-state index in [1.807, 2.05) is 4.90 Å². The maximum absolute atomic E-state index is 13.1. The highest BCUT2D eigenvalue weighted by Crippen LogP contribution is 2.16. The third-order valence-corrected chi connectivity index (χ3v) is 4.45. The molecule has 0 saturated carbocycles. The van der Waals surface area contributed by atoms with E-state index >= 15 is 0 Å². The molecule has 1 atom stereocenters. The lowest BCUT2D eigenvalue weighted by Crippen LogP contribution is -2.43. The summed E-state index contributed by atoms with van der Waals surface area (Å²) in [5, 5.41) is 3.12. The van der Waals surface area contributed by atoms with Crippen LogP contribution in [0.3, 0.4) is 0 Å². The highest BCUT2D eigenvalue weighted by atomic mass is 127. The molecule has 0 fully saturated rings. The van der Waals surface area contributed by atoms with Crippen molar-refractivity contribution in [1.82, 2.24) is 10.2 Å². The molecular formula is C21H26F3IN4O2. The Hall–Kier alpha value is -2.50. The molecule has 0 saturated heterocycles. The van der Waals surface area contributed by atoms with Crippen molar-refractivity contribution in [2.45, 2.75) is 19.6 Å². The first-order valence-electron chi connectivity index (χ1n) is 9.27. The molecule has 3 N–H and O–H groups in total. The number of amides is 1. The largest absolute Gasteiger partial charge is 0.435 e. The predicted molar refractivity (Wildman–Crippen MR) is 124 cm³/mol. The number of rotatable bonds is 9. The van der Waals surface area contributed by atoms with E-state index < -0.39 is 18.4 Å². The number of aliphatic imine (C=N–C) groups is 1. The Kier molecular flexibility index (Phi) is 11.2. The Morgan fingerprint density at radius 3 is 2.23 bits per heavy atom. The van der Waals surface area contributed by atoms with Gasteiger partial charge >= 0.3 is 6.61 Å². The first-order valence-corrected chi connectivity index (χ1v) is 9.27. The number of halogens is 4. The summed E-state index contributed by atoms with van der Waals surface area (Å²) in [7, 11) is 3.41. The van der Waals surface area contributed by atoms with E-state index in [0.717, 1.165) is 11.1 Å². The summed E-state index contributed by atoms with van der Waals surface area (Å²) in [5.74, 6) is -0.702. The normalized spacial score (nSPS) is 12.1. The number of ether oxygens (including phenoxy) is 1. The van der Waals surface area contributed by atoms with Crippen molar-refractivity contribution in [3.05, 3.63) is 65.5 Å². The van der Waals surface area contributed by atoms with Gasteiger partial charge in [-0.15, -0.1) is 24.0 Å². The third kappa shape index (κ3) is 9.03. The van der Waals surface area contributed by atoms with E-state index in [-0.39, 0.29) is 42.1 Å². The van der Waals surface area contributed by atoms with Crippen LogP contribution in [-0.4, -0.2) is 44.0 Å². The zero-order chi connectivity index (χ0) is 22.1. The van der Waals surface area contributed by atoms with Crippen LogP contribution >= 0.6 is 24.0 Å². The van der Waals surface area contributed by atoms with Crippen molar-refractivity contribution in [3.8, 4) is 5.75 Å². The molecule has 0 aliphatic carbocycles. The number of guanidine groups is 1. The van der Waals surface area contributed by atoms with Crippen molar-refractivity contribution < 1.29 is 22.7 Å². The van der Waals surface area contributed by atoms with Crippen molar-refractivity contribution >= 4 is 35.8 Å². The molecule has 1 amide bonds. The van der Waals surface area contributed by atoms with Gasteiger partial charge in [-0.2, -0.15) is 8.78 Å². The van der Waals surface area contributed by atoms with Gasteiger partial charge in [0, 0.05) is 27.2 Å². The van der Waals surface area contributed by atoms with Crippen LogP contribution in [0.1, 0.15) is 11.1 Å². The van der Waals surface area contributed by atoms with E-state index in [2.05, 4.69) is 15.0 Å². The van der Waals surface area contributed by atoms with Gasteiger partial charge in [0.1, 0.15) is 11.6 Å². The summed E-state index contributed by atoms with van der Waals surface area (Å²) in [6.45, 7) is -2.16. The van der Waals surface area contributed by atoms with Crippen molar-refractivity contribution in [1.29, 1.82) is 0 Å². The molecule has 6 nitrogen and oxygen atoms in total. The van der Waals surface area contributed by atoms with E-state index in [1.54, 1.807) is 38.4 Å². The molecule has 0 radical (unpaired) electrons. The quantitative estimate of drug-likeness (QED) is 0.285. The molecule has 31 heavy (non-hydrogen) atoms. The topological polar surface area (TPSA) is 79.9 Å². The first-order chi connectivity index (χ1) is 14.3. The number of nitrogens with zero attached hydrogens (tertiary/aromatic N) is 2. The van der Waals surface area contributed by atoms with Crippen LogP contribution in [0.5, 0.6) is 5.75 Å². The Balaban J connectivity index is 0.00000480. The molecule has 2 aromatic carbocycles. The van der Waals surface area contributed by atoms with Gasteiger partial charge < -0.3 is 20.7 Å². The van der Waals surface area contributed by atoms with Crippen molar-refractivity contribution in [3.63, 3.8) is 0 Å². The zero-order valence-electron chi connectivity index (χ0n) is 17.2. The van der Waals surface area contributed by atoms with Crippen LogP contribution in [0.2, 0.25) is 0 Å². The van der Waals surface area contributed by atoms with Gasteiger partial charge in [-0.25, -0.2) is 4.39 Å². The minimum Gasteiger partial charge on any atom is -0.435 e. The number of hydrogen-bond donors (Lipinski definition) is 2. The average Bonchev–Trinajstić information content (AvgIpc) is 2.70. The fourth-order valence-corrected chi connectivity index (χ4v) is 2.90. The van der Waals surface area contributed by atoms with Gasteiger partial charge in [0.25, 0.3) is 0 Å². The SMILES string of the molecule is CN=C(NCC(Cc1ccc(F)cc1)C(N)=O)N(C)Cc1ccc(OC(F)F)cc1.I. The molecule has 1 unspecified atom stereocenters. The lowest BCUT2D eigenvalue weighted by atomic mass is 9.98. The minimum absolute atomic E-state index is 0. The number of nitrogens with two attached hydrogens (primary N) is 1. The zero-order valence-corrected chi connectivity index (χ0v) is 19.6. The molecule has 10 heteroatoms. The van der Waals surface area contributed by atoms with E-state index in [4.69, 9.17) is 5.73 Å². The van der Waals surface area contributed by atoms with Crippen LogP contribution < -0.4 is 15.8 Å². The van der Waals surface area contributed by atoms with Gasteiger partial charge in [0.2, 0.25) is 5.91 Å². The fourth-order valence-electron chi connectivity index (χ4n) is 2.90. The van der Waals surface area contributed by atoms with E-state index in [1.165, 1.54) is 24.3 Å². The summed E-state index contributed by atoms with van der Waals surface area (Å²) in [6, 6.07) is 12.2. The standard InChI is InChI=1S/C21H25F3N4O2.HI/c1-26-21(28(2)13-15-5-9-18(10-6-15)30-20(23)24)27-12-16(19(25)29)11-14-3-7-17(22)8-4-14;/h3-10,16,20H,11-13H2,1-2H3,(H2,25,29)(H,26,27);1H. The Morgan fingerprint density at radius 1 is 1.13 bits per heavy atom. The van der Waals surface area contributed by atoms with Gasteiger partial charge in [0.15, 0.2) is 5.96 Å². The molecule has 0 aliphatic heterocycles. The number of benzene rings is 2. The number of carbonyl (C=O) groups is 1. The second-order valence-corrected chi connectivity index (χ2v) is 6.74. The molecule has 2 rings (SSSR count). The van der Waals surface area contributed by atoms with Crippen LogP contribution in [0, 0.1) is 11.7 Å². The maximum atomic E-state index is 13.1. The van der Waals surface area contributed by atoms with Gasteiger partial charge in [0.05, 0.1) is 5.92 Å². The van der Waals surface area contributed by atoms with Crippen LogP contribution in [-0.2, 0) is 17.8 Å². The Bertz CT molecular complexity index is 849. The van der Waals surface area contributed by atoms with Gasteiger partial charge in [-0.3, -0.25) is 9.79 Å². The molecule has 0 bridgehead atoms. The highest BCUT2D eigenvalue weighted by molar-refractivity contribution is 14.0. The summed E-state index contributed by atoms with van der Waals surface area (Å²) in [6.07, 6.45) is 0.370. The molecular weight excluding hydrogens is 524 g/mol. The predicted octanol–water partition coefficient (Wildman–Crippen LogP) is 3.40. The average molecular weight is 550 g/mol. The molecule has 0 aromatic heterocycles. The molecule has 170 valence electrons. The van der Waals surface area contributed by atoms with Crippen LogP contribution in [0.25, 0.3) is 0 Å². The number of carbonyl (C=O) groups excluding carboxylic acids is 1. The highest BCUT2D eigenvalue weighted by Gasteiger charge is 2.18. The van der Waals surface area contributed by atoms with Crippen LogP contribution in [0.15, 0.2) is 53.5 Å².